The van der Waals surface area contributed by atoms with Crippen LogP contribution in [-0.4, -0.2) is 0 Å². The van der Waals surface area contributed by atoms with Crippen molar-refractivity contribution in [2.75, 3.05) is 0 Å². The molecule has 1 rings (SSSR count). The molecule has 0 unspecified atom stereocenters. The first-order chi connectivity index (χ1) is 4.22. The van der Waals surface area contributed by atoms with E-state index in [1.54, 1.807) is 6.07 Å². The highest BCUT2D eigenvalue weighted by molar-refractivity contribution is 14.0. The molecule has 0 fully saturated rings. The van der Waals surface area contributed by atoms with E-state index >= 15 is 0 Å². The molecule has 0 N–H and O–H groups in total. The standard InChI is InChI=1S/C7H6Cl2.HI/c1-5-3-2-4-6(8)7(5)9;/h2-4H,1H3;1H. The maximum atomic E-state index is 5.75. The van der Waals surface area contributed by atoms with Gasteiger partial charge in [0.05, 0.1) is 10.0 Å². The molecule has 0 aliphatic carbocycles. The van der Waals surface area contributed by atoms with Crippen LogP contribution in [-0.2, 0) is 0 Å². The summed E-state index contributed by atoms with van der Waals surface area (Å²) in [6, 6.07) is 5.58. The Balaban J connectivity index is 0.000000810. The molecule has 3 heteroatoms. The van der Waals surface area contributed by atoms with Gasteiger partial charge >= 0.3 is 0 Å². The summed E-state index contributed by atoms with van der Waals surface area (Å²) in [6.07, 6.45) is 0. The first-order valence-electron chi connectivity index (χ1n) is 2.62. The van der Waals surface area contributed by atoms with Gasteiger partial charge in [0, 0.05) is 0 Å². The highest BCUT2D eigenvalue weighted by Crippen LogP contribution is 2.24. The minimum absolute atomic E-state index is 0. The highest BCUT2D eigenvalue weighted by Gasteiger charge is 1.96. The van der Waals surface area contributed by atoms with Crippen LogP contribution in [0.3, 0.4) is 0 Å². The lowest BCUT2D eigenvalue weighted by Crippen LogP contribution is -1.73. The Hall–Kier alpha value is 0.530. The smallest absolute Gasteiger partial charge is 0.0621 e. The zero-order valence-corrected chi connectivity index (χ0v) is 9.24. The van der Waals surface area contributed by atoms with E-state index in [0.29, 0.717) is 10.0 Å². The lowest BCUT2D eigenvalue weighted by molar-refractivity contribution is 1.47. The van der Waals surface area contributed by atoms with Crippen molar-refractivity contribution in [3.63, 3.8) is 0 Å². The molecule has 0 amide bonds. The van der Waals surface area contributed by atoms with Gasteiger partial charge in [-0.05, 0) is 18.6 Å². The second kappa shape index (κ2) is 4.42. The van der Waals surface area contributed by atoms with Crippen molar-refractivity contribution in [2.45, 2.75) is 6.92 Å². The number of halogens is 3. The predicted octanol–water partition coefficient (Wildman–Crippen LogP) is 3.92. The van der Waals surface area contributed by atoms with E-state index in [9.17, 15) is 0 Å². The van der Waals surface area contributed by atoms with Crippen molar-refractivity contribution >= 4 is 47.2 Å². The summed E-state index contributed by atoms with van der Waals surface area (Å²) in [5.41, 5.74) is 1.02. The Morgan fingerprint density at radius 2 is 1.80 bits per heavy atom. The van der Waals surface area contributed by atoms with Gasteiger partial charge in [-0.3, -0.25) is 0 Å². The van der Waals surface area contributed by atoms with Gasteiger partial charge in [0.15, 0.2) is 0 Å². The summed E-state index contributed by atoms with van der Waals surface area (Å²) in [5, 5.41) is 1.27. The Morgan fingerprint density at radius 3 is 2.20 bits per heavy atom. The lowest BCUT2D eigenvalue weighted by Gasteiger charge is -1.96. The summed E-state index contributed by atoms with van der Waals surface area (Å²) in [6.45, 7) is 1.92. The van der Waals surface area contributed by atoms with Crippen LogP contribution >= 0.6 is 47.2 Å². The Morgan fingerprint density at radius 1 is 1.20 bits per heavy atom. The molecule has 56 valence electrons. The zero-order chi connectivity index (χ0) is 6.85. The molecule has 0 radical (unpaired) electrons. The van der Waals surface area contributed by atoms with Gasteiger partial charge in [0.25, 0.3) is 0 Å². The fourth-order valence-electron chi connectivity index (χ4n) is 0.612. The molecule has 0 aliphatic rings. The molecule has 0 heterocycles. The third-order valence-electron chi connectivity index (χ3n) is 1.14. The van der Waals surface area contributed by atoms with Crippen molar-refractivity contribution in [1.29, 1.82) is 0 Å². The van der Waals surface area contributed by atoms with Crippen LogP contribution in [0.2, 0.25) is 10.0 Å². The van der Waals surface area contributed by atoms with Gasteiger partial charge < -0.3 is 0 Å². The SMILES string of the molecule is Cc1cccc(Cl)c1Cl.I. The van der Waals surface area contributed by atoms with Crippen LogP contribution in [0.1, 0.15) is 5.56 Å². The first-order valence-corrected chi connectivity index (χ1v) is 3.38. The Bertz CT molecular complexity index is 203. The van der Waals surface area contributed by atoms with E-state index in [1.165, 1.54) is 0 Å². The lowest BCUT2D eigenvalue weighted by atomic mass is 10.2. The second-order valence-corrected chi connectivity index (χ2v) is 2.66. The molecule has 10 heavy (non-hydrogen) atoms. The van der Waals surface area contributed by atoms with Crippen molar-refractivity contribution in [3.8, 4) is 0 Å². The van der Waals surface area contributed by atoms with Gasteiger partial charge in [-0.2, -0.15) is 0 Å². The van der Waals surface area contributed by atoms with Crippen molar-refractivity contribution in [1.82, 2.24) is 0 Å². The van der Waals surface area contributed by atoms with E-state index in [1.807, 2.05) is 19.1 Å². The molecule has 1 aromatic rings. The van der Waals surface area contributed by atoms with E-state index in [4.69, 9.17) is 23.2 Å². The van der Waals surface area contributed by atoms with Crippen molar-refractivity contribution in [2.24, 2.45) is 0 Å². The first kappa shape index (κ1) is 10.5. The molecule has 0 saturated carbocycles. The fraction of sp³-hybridized carbons (Fsp3) is 0.143. The largest absolute Gasteiger partial charge is 0.107 e. The molecule has 0 nitrogen and oxygen atoms in total. The third-order valence-corrected chi connectivity index (χ3v) is 2.06. The number of hydrogen-bond donors (Lipinski definition) is 0. The van der Waals surface area contributed by atoms with Gasteiger partial charge in [-0.25, -0.2) is 0 Å². The summed E-state index contributed by atoms with van der Waals surface area (Å²) >= 11 is 11.4. The average molecular weight is 289 g/mol. The quantitative estimate of drug-likeness (QED) is 0.635. The Labute approximate surface area is 87.5 Å². The van der Waals surface area contributed by atoms with Crippen LogP contribution in [0.15, 0.2) is 18.2 Å². The van der Waals surface area contributed by atoms with Gasteiger partial charge in [-0.1, -0.05) is 35.3 Å². The Kier molecular flexibility index (Phi) is 4.65. The minimum atomic E-state index is 0. The molecule has 0 atom stereocenters. The molecule has 0 aromatic heterocycles. The van der Waals surface area contributed by atoms with Crippen LogP contribution < -0.4 is 0 Å². The number of hydrogen-bond acceptors (Lipinski definition) is 0. The molecule has 1 aromatic carbocycles. The topological polar surface area (TPSA) is 0 Å². The maximum Gasteiger partial charge on any atom is 0.0621 e. The predicted molar refractivity (Wildman–Crippen MR) is 56.6 cm³/mol. The van der Waals surface area contributed by atoms with Crippen LogP contribution in [0, 0.1) is 6.92 Å². The number of benzene rings is 1. The molecular weight excluding hydrogens is 282 g/mol. The summed E-state index contributed by atoms with van der Waals surface area (Å²) in [7, 11) is 0. The maximum absolute atomic E-state index is 5.75. The van der Waals surface area contributed by atoms with E-state index < -0.39 is 0 Å². The molecule has 0 saturated heterocycles. The second-order valence-electron chi connectivity index (χ2n) is 1.87. The van der Waals surface area contributed by atoms with Gasteiger partial charge in [0.2, 0.25) is 0 Å². The normalized spacial score (nSPS) is 8.70. The highest BCUT2D eigenvalue weighted by atomic mass is 127. The average Bonchev–Trinajstić information content (AvgIpc) is 1.83. The summed E-state index contributed by atoms with van der Waals surface area (Å²) in [4.78, 5) is 0. The summed E-state index contributed by atoms with van der Waals surface area (Å²) in [5.74, 6) is 0. The fourth-order valence-corrected chi connectivity index (χ4v) is 0.959. The number of aryl methyl sites for hydroxylation is 1. The van der Waals surface area contributed by atoms with Crippen LogP contribution in [0.5, 0.6) is 0 Å². The van der Waals surface area contributed by atoms with Crippen molar-refractivity contribution in [3.05, 3.63) is 33.8 Å². The van der Waals surface area contributed by atoms with E-state index in [0.717, 1.165) is 5.56 Å². The van der Waals surface area contributed by atoms with Crippen molar-refractivity contribution < 1.29 is 0 Å². The van der Waals surface area contributed by atoms with Crippen LogP contribution in [0.25, 0.3) is 0 Å². The number of rotatable bonds is 0. The minimum Gasteiger partial charge on any atom is -0.107 e. The molecule has 0 bridgehead atoms. The van der Waals surface area contributed by atoms with E-state index in [-0.39, 0.29) is 24.0 Å². The van der Waals surface area contributed by atoms with Gasteiger partial charge in [0.1, 0.15) is 0 Å². The van der Waals surface area contributed by atoms with Crippen LogP contribution in [0.4, 0.5) is 0 Å². The van der Waals surface area contributed by atoms with Gasteiger partial charge in [-0.15, -0.1) is 24.0 Å². The third kappa shape index (κ3) is 2.29. The molecule has 0 spiro atoms. The molecule has 0 aliphatic heterocycles. The monoisotopic (exact) mass is 288 g/mol. The molecular formula is C7H7Cl2I. The zero-order valence-electron chi connectivity index (χ0n) is 5.40. The summed E-state index contributed by atoms with van der Waals surface area (Å²) < 4.78 is 0. The van der Waals surface area contributed by atoms with E-state index in [2.05, 4.69) is 0 Å².